The van der Waals surface area contributed by atoms with E-state index in [0.717, 1.165) is 37.7 Å². The fraction of sp³-hybridized carbons (Fsp3) is 0.750. The monoisotopic (exact) mass is 367 g/mol. The highest BCUT2D eigenvalue weighted by atomic mass is 16.5. The minimum absolute atomic E-state index is 0.000357. The van der Waals surface area contributed by atoms with Crippen molar-refractivity contribution in [2.24, 2.45) is 40.2 Å². The average Bonchev–Trinajstić information content (AvgIpc) is 3.33. The van der Waals surface area contributed by atoms with Gasteiger partial charge < -0.3 is 4.74 Å². The summed E-state index contributed by atoms with van der Waals surface area (Å²) in [5, 5.41) is 3.38. The van der Waals surface area contributed by atoms with E-state index in [4.69, 9.17) is 4.74 Å². The molecule has 0 aromatic rings. The van der Waals surface area contributed by atoms with Crippen LogP contribution < -0.4 is 0 Å². The molecule has 0 bridgehead atoms. The minimum Gasteiger partial charge on any atom is -0.366 e. The fourth-order valence-electron chi connectivity index (χ4n) is 8.23. The van der Waals surface area contributed by atoms with Crippen molar-refractivity contribution < 1.29 is 4.74 Å². The first-order valence-corrected chi connectivity index (χ1v) is 11.2. The number of nitroso groups, excluding NO2 is 1. The molecule has 1 spiro atoms. The van der Waals surface area contributed by atoms with E-state index in [0.29, 0.717) is 23.2 Å². The van der Waals surface area contributed by atoms with Gasteiger partial charge in [0.1, 0.15) is 0 Å². The quantitative estimate of drug-likeness (QED) is 0.465. The number of hydrogen-bond donors (Lipinski definition) is 0. The van der Waals surface area contributed by atoms with Gasteiger partial charge >= 0.3 is 0 Å². The van der Waals surface area contributed by atoms with Crippen LogP contribution in [0.2, 0.25) is 0 Å². The topological polar surface area (TPSA) is 38.7 Å². The van der Waals surface area contributed by atoms with Gasteiger partial charge in [0.25, 0.3) is 0 Å². The Morgan fingerprint density at radius 3 is 2.89 bits per heavy atom. The lowest BCUT2D eigenvalue weighted by Gasteiger charge is -2.58. The highest BCUT2D eigenvalue weighted by Crippen LogP contribution is 2.68. The predicted molar refractivity (Wildman–Crippen MR) is 108 cm³/mol. The molecule has 0 aromatic heterocycles. The minimum atomic E-state index is -0.00774. The largest absolute Gasteiger partial charge is 0.366 e. The Labute approximate surface area is 163 Å². The second kappa shape index (κ2) is 6.40. The molecule has 3 heteroatoms. The Morgan fingerprint density at radius 2 is 2.19 bits per heavy atom. The van der Waals surface area contributed by atoms with Crippen molar-refractivity contribution >= 4 is 0 Å². The van der Waals surface area contributed by atoms with Crippen molar-refractivity contribution in [2.45, 2.75) is 69.9 Å². The Kier molecular flexibility index (Phi) is 4.23. The summed E-state index contributed by atoms with van der Waals surface area (Å²) in [6.07, 6.45) is 18.7. The predicted octanol–water partition coefficient (Wildman–Crippen LogP) is 5.82. The average molecular weight is 368 g/mol. The van der Waals surface area contributed by atoms with E-state index in [1.165, 1.54) is 37.7 Å². The molecule has 8 atom stereocenters. The first-order chi connectivity index (χ1) is 13.2. The number of hydrogen-bond acceptors (Lipinski definition) is 3. The maximum atomic E-state index is 11.1. The second-order valence-corrected chi connectivity index (χ2v) is 9.74. The van der Waals surface area contributed by atoms with Crippen molar-refractivity contribution in [1.82, 2.24) is 0 Å². The molecule has 0 N–H and O–H groups in total. The third kappa shape index (κ3) is 2.30. The SMILES string of the molecule is C=CC1C=C2CC(N=O)CC[C@@H]2C2CC[C@@]3(CC)C(CC[C@@]34C=CCO4)C12. The molecule has 0 aromatic carbocycles. The van der Waals surface area contributed by atoms with Gasteiger partial charge in [0.2, 0.25) is 0 Å². The zero-order valence-corrected chi connectivity index (χ0v) is 16.6. The molecule has 5 unspecified atom stereocenters. The van der Waals surface area contributed by atoms with Crippen molar-refractivity contribution in [3.63, 3.8) is 0 Å². The fourth-order valence-corrected chi connectivity index (χ4v) is 8.23. The number of ether oxygens (including phenoxy) is 1. The standard InChI is InChI=1S/C24H33NO2/c1-3-16-14-17-15-18(25-26)6-7-19(17)20-8-11-23(4-2)21(22(16)20)9-12-24(23)10-5-13-27-24/h3,5,10,14,16,18-22H,1,4,6-9,11-13,15H2,2H3/t16?,18?,19-,20?,21?,22?,23-,24-/m0/s1. The van der Waals surface area contributed by atoms with Crippen molar-refractivity contribution in [2.75, 3.05) is 6.61 Å². The first-order valence-electron chi connectivity index (χ1n) is 11.2. The lowest BCUT2D eigenvalue weighted by Crippen LogP contribution is -2.54. The molecule has 3 fully saturated rings. The number of rotatable bonds is 3. The van der Waals surface area contributed by atoms with Crippen molar-refractivity contribution in [3.8, 4) is 0 Å². The van der Waals surface area contributed by atoms with Gasteiger partial charge in [-0.15, -0.1) is 6.58 Å². The molecule has 0 saturated heterocycles. The molecule has 27 heavy (non-hydrogen) atoms. The number of allylic oxidation sites excluding steroid dienone is 2. The van der Waals surface area contributed by atoms with Crippen LogP contribution in [0, 0.1) is 39.9 Å². The zero-order valence-electron chi connectivity index (χ0n) is 16.6. The number of fused-ring (bicyclic) bond motifs is 6. The van der Waals surface area contributed by atoms with Crippen LogP contribution in [0.1, 0.15) is 58.3 Å². The van der Waals surface area contributed by atoms with E-state index >= 15 is 0 Å². The summed E-state index contributed by atoms with van der Waals surface area (Å²) >= 11 is 0. The van der Waals surface area contributed by atoms with Crippen LogP contribution in [0.4, 0.5) is 0 Å². The molecule has 4 aliphatic carbocycles. The highest BCUT2D eigenvalue weighted by Gasteiger charge is 2.65. The summed E-state index contributed by atoms with van der Waals surface area (Å²) < 4.78 is 6.45. The first kappa shape index (κ1) is 17.8. The Bertz CT molecular complexity index is 696. The van der Waals surface area contributed by atoms with Crippen LogP contribution in [0.3, 0.4) is 0 Å². The third-order valence-corrected chi connectivity index (χ3v) is 9.26. The molecule has 3 nitrogen and oxygen atoms in total. The molecule has 5 aliphatic rings. The molecule has 146 valence electrons. The summed E-state index contributed by atoms with van der Waals surface area (Å²) in [4.78, 5) is 11.1. The maximum Gasteiger partial charge on any atom is 0.0957 e. The van der Waals surface area contributed by atoms with E-state index in [1.807, 2.05) is 0 Å². The van der Waals surface area contributed by atoms with Crippen molar-refractivity contribution in [1.29, 1.82) is 0 Å². The van der Waals surface area contributed by atoms with E-state index in [-0.39, 0.29) is 11.6 Å². The maximum absolute atomic E-state index is 11.1. The van der Waals surface area contributed by atoms with Gasteiger partial charge in [0.05, 0.1) is 18.2 Å². The molecule has 0 radical (unpaired) electrons. The van der Waals surface area contributed by atoms with Gasteiger partial charge in [0.15, 0.2) is 0 Å². The Hall–Kier alpha value is -1.22. The zero-order chi connectivity index (χ0) is 18.6. The molecular formula is C24H33NO2. The molecule has 3 saturated carbocycles. The van der Waals surface area contributed by atoms with Crippen LogP contribution in [-0.4, -0.2) is 18.2 Å². The Balaban J connectivity index is 1.53. The molecule has 1 aliphatic heterocycles. The van der Waals surface area contributed by atoms with E-state index in [9.17, 15) is 4.91 Å². The van der Waals surface area contributed by atoms with E-state index in [2.05, 4.69) is 43.0 Å². The van der Waals surface area contributed by atoms with Crippen molar-refractivity contribution in [3.05, 3.63) is 41.4 Å². The van der Waals surface area contributed by atoms with Crippen LogP contribution >= 0.6 is 0 Å². The molecular weight excluding hydrogens is 334 g/mol. The summed E-state index contributed by atoms with van der Waals surface area (Å²) in [6, 6.07) is -0.000357. The van der Waals surface area contributed by atoms with Crippen LogP contribution in [0.5, 0.6) is 0 Å². The van der Waals surface area contributed by atoms with Gasteiger partial charge in [-0.05, 0) is 81.0 Å². The summed E-state index contributed by atoms with van der Waals surface area (Å²) in [7, 11) is 0. The normalized spacial score (nSPS) is 50.6. The van der Waals surface area contributed by atoms with Crippen LogP contribution in [0.15, 0.2) is 41.6 Å². The summed E-state index contributed by atoms with van der Waals surface area (Å²) in [5.74, 6) is 3.30. The lowest BCUT2D eigenvalue weighted by molar-refractivity contribution is -0.124. The molecule has 5 rings (SSSR count). The summed E-state index contributed by atoms with van der Waals surface area (Å²) in [6.45, 7) is 7.41. The molecule has 1 heterocycles. The van der Waals surface area contributed by atoms with Gasteiger partial charge in [-0.2, -0.15) is 4.91 Å². The highest BCUT2D eigenvalue weighted by molar-refractivity contribution is 5.29. The van der Waals surface area contributed by atoms with Gasteiger partial charge in [-0.1, -0.05) is 42.0 Å². The molecule has 0 amide bonds. The van der Waals surface area contributed by atoms with Crippen LogP contribution in [0.25, 0.3) is 0 Å². The second-order valence-electron chi connectivity index (χ2n) is 9.74. The van der Waals surface area contributed by atoms with E-state index in [1.54, 1.807) is 0 Å². The Morgan fingerprint density at radius 1 is 1.30 bits per heavy atom. The smallest absolute Gasteiger partial charge is 0.0957 e. The number of nitrogens with zero attached hydrogens (tertiary/aromatic N) is 1. The summed E-state index contributed by atoms with van der Waals surface area (Å²) in [5.41, 5.74) is 1.81. The lowest BCUT2D eigenvalue weighted by atomic mass is 9.48. The third-order valence-electron chi connectivity index (χ3n) is 9.26. The van der Waals surface area contributed by atoms with Crippen LogP contribution in [-0.2, 0) is 4.74 Å². The van der Waals surface area contributed by atoms with Gasteiger partial charge in [-0.25, -0.2) is 0 Å². The van der Waals surface area contributed by atoms with E-state index < -0.39 is 0 Å². The van der Waals surface area contributed by atoms with Gasteiger partial charge in [0, 0.05) is 5.41 Å². The van der Waals surface area contributed by atoms with Gasteiger partial charge in [-0.3, -0.25) is 0 Å².